The average molecular weight is 515 g/mol. The predicted molar refractivity (Wildman–Crippen MR) is 122 cm³/mol. The second-order valence-corrected chi connectivity index (χ2v) is 9.66. The number of methoxy groups -OCH3 is 1. The number of alkyl halides is 3. The molecule has 2 heterocycles. The third kappa shape index (κ3) is 6.64. The largest absolute Gasteiger partial charge is 0.491 e. The van der Waals surface area contributed by atoms with Gasteiger partial charge < -0.3 is 14.8 Å². The summed E-state index contributed by atoms with van der Waals surface area (Å²) < 4.78 is 49.8. The van der Waals surface area contributed by atoms with E-state index >= 15 is 0 Å². The smallest absolute Gasteiger partial charge is 0.451 e. The molecule has 0 bridgehead atoms. The number of hydrogen-bond acceptors (Lipinski definition) is 7. The SMILES string of the molecule is COC(C)(C)COc1cc(C(=O)NC(C)c2cnc(C(F)(F)F)nc2)cc(-c2ncc(Cl)s2)c1. The van der Waals surface area contributed by atoms with E-state index in [2.05, 4.69) is 20.3 Å². The molecule has 3 aromatic rings. The number of nitrogens with one attached hydrogen (secondary N) is 1. The van der Waals surface area contributed by atoms with Gasteiger partial charge in [-0.3, -0.25) is 4.79 Å². The number of thiazole rings is 1. The molecular formula is C22H22ClF3N4O3S. The summed E-state index contributed by atoms with van der Waals surface area (Å²) in [7, 11) is 1.57. The van der Waals surface area contributed by atoms with Crippen LogP contribution in [-0.4, -0.2) is 40.2 Å². The number of halogens is 4. The number of hydrogen-bond donors (Lipinski definition) is 1. The third-order valence-corrected chi connectivity index (χ3v) is 5.97. The first-order valence-corrected chi connectivity index (χ1v) is 11.2. The standard InChI is InChI=1S/C22H22ClF3N4O3S/c1-12(15-8-28-20(29-9-15)22(24,25)26)30-18(31)13-5-14(19-27-10-17(23)34-19)7-16(6-13)33-11-21(2,3)32-4/h5-10,12H,11H2,1-4H3,(H,30,31). The maximum Gasteiger partial charge on any atom is 0.451 e. The van der Waals surface area contributed by atoms with Crippen LogP contribution in [0.5, 0.6) is 5.75 Å². The van der Waals surface area contributed by atoms with Gasteiger partial charge >= 0.3 is 6.18 Å². The Labute approximate surface area is 203 Å². The van der Waals surface area contributed by atoms with Crippen LogP contribution < -0.4 is 10.1 Å². The van der Waals surface area contributed by atoms with Gasteiger partial charge in [0.15, 0.2) is 0 Å². The number of carbonyl (C=O) groups is 1. The highest BCUT2D eigenvalue weighted by Gasteiger charge is 2.34. The first kappa shape index (κ1) is 25.9. The van der Waals surface area contributed by atoms with Gasteiger partial charge in [-0.1, -0.05) is 11.6 Å². The van der Waals surface area contributed by atoms with Gasteiger partial charge in [-0.15, -0.1) is 11.3 Å². The molecule has 7 nitrogen and oxygen atoms in total. The summed E-state index contributed by atoms with van der Waals surface area (Å²) in [5, 5.41) is 3.34. The maximum absolute atomic E-state index is 13.0. The zero-order chi connectivity index (χ0) is 25.1. The van der Waals surface area contributed by atoms with Gasteiger partial charge in [-0.05, 0) is 39.0 Å². The van der Waals surface area contributed by atoms with Crippen LogP contribution in [-0.2, 0) is 10.9 Å². The molecule has 182 valence electrons. The molecule has 12 heteroatoms. The zero-order valence-electron chi connectivity index (χ0n) is 18.7. The molecule has 3 rings (SSSR count). The second-order valence-electron chi connectivity index (χ2n) is 8.00. The van der Waals surface area contributed by atoms with Crippen molar-refractivity contribution in [2.24, 2.45) is 0 Å². The van der Waals surface area contributed by atoms with Crippen LogP contribution in [0.2, 0.25) is 4.34 Å². The molecule has 0 aliphatic heterocycles. The summed E-state index contributed by atoms with van der Waals surface area (Å²) in [5.41, 5.74) is 0.663. The quantitative estimate of drug-likeness (QED) is 0.423. The zero-order valence-corrected chi connectivity index (χ0v) is 20.3. The van der Waals surface area contributed by atoms with Crippen molar-refractivity contribution in [3.8, 4) is 16.3 Å². The van der Waals surface area contributed by atoms with E-state index in [-0.39, 0.29) is 12.2 Å². The monoisotopic (exact) mass is 514 g/mol. The molecule has 0 aliphatic carbocycles. The molecule has 0 saturated carbocycles. The summed E-state index contributed by atoms with van der Waals surface area (Å²) in [6.07, 6.45) is -1.06. The highest BCUT2D eigenvalue weighted by molar-refractivity contribution is 7.18. The van der Waals surface area contributed by atoms with Gasteiger partial charge in [0, 0.05) is 36.2 Å². The molecule has 1 unspecified atom stereocenters. The minimum absolute atomic E-state index is 0.228. The molecule has 0 fully saturated rings. The summed E-state index contributed by atoms with van der Waals surface area (Å²) in [4.78, 5) is 23.9. The van der Waals surface area contributed by atoms with Gasteiger partial charge in [0.2, 0.25) is 5.82 Å². The fourth-order valence-corrected chi connectivity index (χ4v) is 3.61. The number of aromatic nitrogens is 3. The Bertz CT molecular complexity index is 1150. The number of rotatable bonds is 8. The van der Waals surface area contributed by atoms with Crippen LogP contribution in [0.25, 0.3) is 10.6 Å². The van der Waals surface area contributed by atoms with Gasteiger partial charge in [-0.25, -0.2) is 15.0 Å². The molecule has 1 amide bonds. The average Bonchev–Trinajstić information content (AvgIpc) is 3.23. The highest BCUT2D eigenvalue weighted by atomic mass is 35.5. The van der Waals surface area contributed by atoms with E-state index in [1.807, 2.05) is 13.8 Å². The molecule has 0 spiro atoms. The number of nitrogens with zero attached hydrogens (tertiary/aromatic N) is 3. The molecular weight excluding hydrogens is 493 g/mol. The van der Waals surface area contributed by atoms with Gasteiger partial charge in [0.05, 0.1) is 17.8 Å². The molecule has 0 radical (unpaired) electrons. The second kappa shape index (κ2) is 10.2. The van der Waals surface area contributed by atoms with Gasteiger partial charge in [-0.2, -0.15) is 13.2 Å². The van der Waals surface area contributed by atoms with Crippen LogP contribution in [0.4, 0.5) is 13.2 Å². The summed E-state index contributed by atoms with van der Waals surface area (Å²) >= 11 is 7.26. The normalized spacial score (nSPS) is 12.9. The lowest BCUT2D eigenvalue weighted by Gasteiger charge is -2.23. The molecule has 0 aliphatic rings. The first-order chi connectivity index (χ1) is 15.9. The molecule has 2 aromatic heterocycles. The molecule has 1 aromatic carbocycles. The molecule has 1 N–H and O–H groups in total. The van der Waals surface area contributed by atoms with E-state index in [0.717, 1.165) is 12.4 Å². The Balaban J connectivity index is 1.84. The minimum atomic E-state index is -4.64. The Hall–Kier alpha value is -2.76. The summed E-state index contributed by atoms with van der Waals surface area (Å²) in [5.74, 6) is -1.29. The van der Waals surface area contributed by atoms with Crippen molar-refractivity contribution in [3.05, 3.63) is 58.1 Å². The van der Waals surface area contributed by atoms with E-state index in [1.165, 1.54) is 17.5 Å². The van der Waals surface area contributed by atoms with E-state index in [4.69, 9.17) is 21.1 Å². The molecule has 1 atom stereocenters. The lowest BCUT2D eigenvalue weighted by Crippen LogP contribution is -2.31. The Kier molecular flexibility index (Phi) is 7.79. The van der Waals surface area contributed by atoms with Crippen LogP contribution in [0.3, 0.4) is 0 Å². The highest BCUT2D eigenvalue weighted by Crippen LogP contribution is 2.32. The number of amides is 1. The van der Waals surface area contributed by atoms with Crippen molar-refractivity contribution < 1.29 is 27.4 Å². The fraction of sp³-hybridized carbons (Fsp3) is 0.364. The van der Waals surface area contributed by atoms with Crippen LogP contribution in [0.15, 0.2) is 36.8 Å². The number of ether oxygens (including phenoxy) is 2. The summed E-state index contributed by atoms with van der Waals surface area (Å²) in [6.45, 7) is 5.57. The van der Waals surface area contributed by atoms with E-state index in [0.29, 0.717) is 26.2 Å². The fourth-order valence-electron chi connectivity index (χ4n) is 2.71. The van der Waals surface area contributed by atoms with Crippen molar-refractivity contribution in [2.45, 2.75) is 38.6 Å². The van der Waals surface area contributed by atoms with Crippen LogP contribution in [0.1, 0.15) is 48.6 Å². The van der Waals surface area contributed by atoms with Crippen molar-refractivity contribution >= 4 is 28.8 Å². The third-order valence-electron chi connectivity index (χ3n) is 4.81. The van der Waals surface area contributed by atoms with Crippen molar-refractivity contribution in [2.75, 3.05) is 13.7 Å². The van der Waals surface area contributed by atoms with E-state index in [9.17, 15) is 18.0 Å². The molecule has 0 saturated heterocycles. The lowest BCUT2D eigenvalue weighted by atomic mass is 10.1. The van der Waals surface area contributed by atoms with E-state index in [1.54, 1.807) is 32.2 Å². The Morgan fingerprint density at radius 1 is 1.15 bits per heavy atom. The van der Waals surface area contributed by atoms with Crippen molar-refractivity contribution in [3.63, 3.8) is 0 Å². The Morgan fingerprint density at radius 3 is 2.38 bits per heavy atom. The van der Waals surface area contributed by atoms with Gasteiger partial charge in [0.25, 0.3) is 5.91 Å². The Morgan fingerprint density at radius 2 is 1.82 bits per heavy atom. The predicted octanol–water partition coefficient (Wildman–Crippen LogP) is 5.57. The minimum Gasteiger partial charge on any atom is -0.491 e. The van der Waals surface area contributed by atoms with Crippen molar-refractivity contribution in [1.29, 1.82) is 0 Å². The van der Waals surface area contributed by atoms with E-state index < -0.39 is 29.6 Å². The van der Waals surface area contributed by atoms with Crippen LogP contribution >= 0.6 is 22.9 Å². The summed E-state index contributed by atoms with van der Waals surface area (Å²) in [6, 6.07) is 4.29. The lowest BCUT2D eigenvalue weighted by molar-refractivity contribution is -0.145. The molecule has 34 heavy (non-hydrogen) atoms. The van der Waals surface area contributed by atoms with Crippen LogP contribution in [0, 0.1) is 0 Å². The number of carbonyl (C=O) groups excluding carboxylic acids is 1. The van der Waals surface area contributed by atoms with Gasteiger partial charge in [0.1, 0.15) is 21.7 Å². The maximum atomic E-state index is 13.0. The topological polar surface area (TPSA) is 86.2 Å². The number of benzene rings is 1. The first-order valence-electron chi connectivity index (χ1n) is 10.0. The van der Waals surface area contributed by atoms with Crippen molar-refractivity contribution in [1.82, 2.24) is 20.3 Å².